The summed E-state index contributed by atoms with van der Waals surface area (Å²) in [5.74, 6) is 2.17. The Morgan fingerprint density at radius 2 is 2.03 bits per heavy atom. The Morgan fingerprint density at radius 3 is 2.73 bits per heavy atom. The predicted octanol–water partition coefficient (Wildman–Crippen LogP) is 4.64. The van der Waals surface area contributed by atoms with Crippen LogP contribution < -0.4 is 5.32 Å². The van der Waals surface area contributed by atoms with Gasteiger partial charge in [-0.2, -0.15) is 0 Å². The second-order valence-corrected chi connectivity index (χ2v) is 10.4. The van der Waals surface area contributed by atoms with E-state index in [0.717, 1.165) is 30.7 Å². The van der Waals surface area contributed by atoms with Crippen molar-refractivity contribution in [2.45, 2.75) is 89.8 Å². The zero-order chi connectivity index (χ0) is 23.1. The molecule has 4 heterocycles. The maximum absolute atomic E-state index is 12.2. The number of anilines is 1. The second-order valence-electron chi connectivity index (χ2n) is 10.4. The molecule has 2 bridgehead atoms. The van der Waals surface area contributed by atoms with E-state index in [-0.39, 0.29) is 18.0 Å². The summed E-state index contributed by atoms with van der Waals surface area (Å²) in [5.41, 5.74) is 4.99. The number of aromatic nitrogens is 3. The lowest BCUT2D eigenvalue weighted by molar-refractivity contribution is -0.131. The fourth-order valence-corrected chi connectivity index (χ4v) is 6.22. The third kappa shape index (κ3) is 4.27. The Balaban J connectivity index is 1.54. The quantitative estimate of drug-likeness (QED) is 0.693. The van der Waals surface area contributed by atoms with Gasteiger partial charge < -0.3 is 15.0 Å². The van der Waals surface area contributed by atoms with Gasteiger partial charge in [0.2, 0.25) is 11.9 Å². The zero-order valence-corrected chi connectivity index (χ0v) is 20.4. The minimum atomic E-state index is 0.135. The third-order valence-corrected chi connectivity index (χ3v) is 7.88. The molecule has 2 aromatic rings. The maximum Gasteiger partial charge on any atom is 0.241 e. The lowest BCUT2D eigenvalue weighted by atomic mass is 9.81. The van der Waals surface area contributed by atoms with Crippen LogP contribution in [0.15, 0.2) is 18.3 Å². The van der Waals surface area contributed by atoms with Gasteiger partial charge >= 0.3 is 0 Å². The van der Waals surface area contributed by atoms with Gasteiger partial charge in [0.05, 0.1) is 24.4 Å². The number of methoxy groups -OCH3 is 1. The Bertz CT molecular complexity index is 1050. The summed E-state index contributed by atoms with van der Waals surface area (Å²) in [6, 6.07) is 3.05. The van der Waals surface area contributed by atoms with Crippen molar-refractivity contribution in [3.8, 4) is 0 Å². The number of nitrogens with zero attached hydrogens (tertiary/aromatic N) is 4. The van der Waals surface area contributed by atoms with E-state index in [1.54, 1.807) is 14.0 Å². The molecule has 7 nitrogen and oxygen atoms in total. The number of fused-ring (bicyclic) bond motifs is 3. The number of ether oxygens (including phenoxy) is 1. The summed E-state index contributed by atoms with van der Waals surface area (Å²) >= 11 is 0. The lowest BCUT2D eigenvalue weighted by Gasteiger charge is -2.33. The van der Waals surface area contributed by atoms with E-state index in [9.17, 15) is 4.79 Å². The van der Waals surface area contributed by atoms with E-state index in [4.69, 9.17) is 9.84 Å². The van der Waals surface area contributed by atoms with Gasteiger partial charge in [0.15, 0.2) is 0 Å². The van der Waals surface area contributed by atoms with Crippen LogP contribution in [0.25, 0.3) is 11.1 Å². The highest BCUT2D eigenvalue weighted by Crippen LogP contribution is 2.42. The Labute approximate surface area is 196 Å². The molecule has 3 atom stereocenters. The summed E-state index contributed by atoms with van der Waals surface area (Å²) in [4.78, 5) is 18.9. The van der Waals surface area contributed by atoms with Crippen LogP contribution in [-0.2, 0) is 9.53 Å². The summed E-state index contributed by atoms with van der Waals surface area (Å²) in [6.07, 6.45) is 12.3. The number of nitrogens with one attached hydrogen (secondary N) is 1. The summed E-state index contributed by atoms with van der Waals surface area (Å²) in [5, 5.41) is 8.33. The van der Waals surface area contributed by atoms with Crippen molar-refractivity contribution in [1.29, 1.82) is 0 Å². The van der Waals surface area contributed by atoms with Crippen molar-refractivity contribution in [2.75, 3.05) is 19.0 Å². The van der Waals surface area contributed by atoms with Crippen molar-refractivity contribution < 1.29 is 9.53 Å². The first-order valence-corrected chi connectivity index (χ1v) is 12.6. The highest BCUT2D eigenvalue weighted by molar-refractivity contribution is 5.83. The molecule has 178 valence electrons. The van der Waals surface area contributed by atoms with Crippen LogP contribution >= 0.6 is 0 Å². The number of rotatable bonds is 6. The van der Waals surface area contributed by atoms with Gasteiger partial charge in [-0.1, -0.05) is 25.8 Å². The minimum absolute atomic E-state index is 0.135. The number of carbonyl (C=O) groups excluding carboxylic acids is 1. The molecule has 1 unspecified atom stereocenters. The van der Waals surface area contributed by atoms with Gasteiger partial charge in [-0.25, -0.2) is 9.50 Å². The van der Waals surface area contributed by atoms with Crippen LogP contribution in [0.4, 0.5) is 5.95 Å². The SMILES string of the molecule is COC[C@H](C)Nc1ncc2c(C3=C[C@H]4CCC(C3)N4C(C)=O)cc(C3CCC(C)CC3)n2n1. The second kappa shape index (κ2) is 9.09. The van der Waals surface area contributed by atoms with Gasteiger partial charge in [-0.3, -0.25) is 4.79 Å². The largest absolute Gasteiger partial charge is 0.383 e. The van der Waals surface area contributed by atoms with Gasteiger partial charge in [0.1, 0.15) is 0 Å². The molecule has 1 aliphatic carbocycles. The van der Waals surface area contributed by atoms with E-state index < -0.39 is 0 Å². The molecule has 5 rings (SSSR count). The summed E-state index contributed by atoms with van der Waals surface area (Å²) in [6.45, 7) is 6.74. The van der Waals surface area contributed by atoms with Gasteiger partial charge in [0.25, 0.3) is 0 Å². The van der Waals surface area contributed by atoms with E-state index in [1.165, 1.54) is 42.5 Å². The summed E-state index contributed by atoms with van der Waals surface area (Å²) < 4.78 is 7.41. The first-order chi connectivity index (χ1) is 15.9. The first-order valence-electron chi connectivity index (χ1n) is 12.6. The normalized spacial score (nSPS) is 28.1. The summed E-state index contributed by atoms with van der Waals surface area (Å²) in [7, 11) is 1.71. The predicted molar refractivity (Wildman–Crippen MR) is 130 cm³/mol. The molecule has 1 N–H and O–H groups in total. The van der Waals surface area contributed by atoms with Gasteiger partial charge in [-0.15, -0.1) is 5.10 Å². The molecule has 7 heteroatoms. The van der Waals surface area contributed by atoms with Crippen LogP contribution in [0.5, 0.6) is 0 Å². The van der Waals surface area contributed by atoms with E-state index in [0.29, 0.717) is 24.5 Å². The molecular formula is C26H37N5O2. The standard InChI is InChI=1S/C26H37N5O2/c1-16-5-7-19(8-6-16)24-13-23(20-11-21-9-10-22(12-20)30(21)18(3)32)25-14-27-26(29-31(24)25)28-17(2)15-33-4/h11,13-14,16-17,19,21-22H,5-10,12,15H2,1-4H3,(H,28,29)/t16?,17-,19?,21+,22?/m0/s1. The van der Waals surface area contributed by atoms with Crippen molar-refractivity contribution >= 4 is 22.9 Å². The molecule has 2 aliphatic heterocycles. The van der Waals surface area contributed by atoms with Crippen molar-refractivity contribution in [2.24, 2.45) is 5.92 Å². The molecule has 33 heavy (non-hydrogen) atoms. The highest BCUT2D eigenvalue weighted by Gasteiger charge is 2.39. The number of amides is 1. The van der Waals surface area contributed by atoms with E-state index in [1.807, 2.05) is 6.20 Å². The average Bonchev–Trinajstić information content (AvgIpc) is 3.29. The molecule has 0 radical (unpaired) electrons. The monoisotopic (exact) mass is 451 g/mol. The molecule has 1 saturated heterocycles. The van der Waals surface area contributed by atoms with Crippen LogP contribution in [0, 0.1) is 5.92 Å². The molecule has 3 aliphatic rings. The zero-order valence-electron chi connectivity index (χ0n) is 20.4. The average molecular weight is 452 g/mol. The lowest BCUT2D eigenvalue weighted by Crippen LogP contribution is -2.41. The van der Waals surface area contributed by atoms with Crippen LogP contribution in [0.3, 0.4) is 0 Å². The van der Waals surface area contributed by atoms with Crippen LogP contribution in [0.2, 0.25) is 0 Å². The number of carbonyl (C=O) groups is 1. The van der Waals surface area contributed by atoms with Crippen molar-refractivity contribution in [3.63, 3.8) is 0 Å². The van der Waals surface area contributed by atoms with Crippen molar-refractivity contribution in [3.05, 3.63) is 29.6 Å². The van der Waals surface area contributed by atoms with Crippen LogP contribution in [0.1, 0.15) is 82.9 Å². The van der Waals surface area contributed by atoms with Gasteiger partial charge in [0, 0.05) is 43.3 Å². The fourth-order valence-electron chi connectivity index (χ4n) is 6.22. The van der Waals surface area contributed by atoms with E-state index >= 15 is 0 Å². The third-order valence-electron chi connectivity index (χ3n) is 7.88. The van der Waals surface area contributed by atoms with Crippen LogP contribution in [-0.4, -0.2) is 57.2 Å². The Kier molecular flexibility index (Phi) is 6.16. The Morgan fingerprint density at radius 1 is 1.24 bits per heavy atom. The first kappa shape index (κ1) is 22.4. The van der Waals surface area contributed by atoms with Crippen molar-refractivity contribution in [1.82, 2.24) is 19.5 Å². The molecule has 0 aromatic carbocycles. The number of hydrogen-bond acceptors (Lipinski definition) is 5. The molecule has 0 spiro atoms. The molecule has 1 amide bonds. The molecule has 1 saturated carbocycles. The molecule has 2 fully saturated rings. The number of hydrogen-bond donors (Lipinski definition) is 1. The highest BCUT2D eigenvalue weighted by atomic mass is 16.5. The minimum Gasteiger partial charge on any atom is -0.383 e. The van der Waals surface area contributed by atoms with Gasteiger partial charge in [-0.05, 0) is 56.6 Å². The Hall–Kier alpha value is -2.41. The maximum atomic E-state index is 12.2. The molecule has 2 aromatic heterocycles. The smallest absolute Gasteiger partial charge is 0.241 e. The fraction of sp³-hybridized carbons (Fsp3) is 0.654. The topological polar surface area (TPSA) is 71.8 Å². The van der Waals surface area contributed by atoms with E-state index in [2.05, 4.69) is 45.7 Å². The molecular weight excluding hydrogens is 414 g/mol.